The van der Waals surface area contributed by atoms with Crippen LogP contribution in [0.15, 0.2) is 27.1 Å². The van der Waals surface area contributed by atoms with Gasteiger partial charge in [0.05, 0.1) is 5.56 Å². The molecule has 1 aliphatic heterocycles. The van der Waals surface area contributed by atoms with Crippen molar-refractivity contribution in [2.24, 2.45) is 5.92 Å². The summed E-state index contributed by atoms with van der Waals surface area (Å²) in [5.74, 6) is 0.875. The van der Waals surface area contributed by atoms with Gasteiger partial charge in [-0.2, -0.15) is 0 Å². The van der Waals surface area contributed by atoms with E-state index in [0.29, 0.717) is 0 Å². The predicted molar refractivity (Wildman–Crippen MR) is 80.8 cm³/mol. The zero-order chi connectivity index (χ0) is 13.1. The van der Waals surface area contributed by atoms with Gasteiger partial charge in [-0.25, -0.2) is 0 Å². The lowest BCUT2D eigenvalue weighted by Crippen LogP contribution is -2.32. The monoisotopic (exact) mass is 373 g/mol. The molecule has 1 saturated heterocycles. The first-order valence-corrected chi connectivity index (χ1v) is 7.91. The molecule has 2 rings (SSSR count). The fourth-order valence-electron chi connectivity index (χ4n) is 2.30. The quantitative estimate of drug-likeness (QED) is 0.709. The molecule has 1 heterocycles. The first kappa shape index (κ1) is 14.1. The maximum Gasteiger partial charge on any atom is 0.254 e. The van der Waals surface area contributed by atoms with Crippen molar-refractivity contribution >= 4 is 37.8 Å². The second-order valence-electron chi connectivity index (χ2n) is 4.95. The van der Waals surface area contributed by atoms with Crippen LogP contribution in [0.4, 0.5) is 0 Å². The normalized spacial score (nSPS) is 20.6. The highest BCUT2D eigenvalue weighted by Gasteiger charge is 2.21. The Bertz CT molecular complexity index is 447. The van der Waals surface area contributed by atoms with Crippen LogP contribution >= 0.6 is 31.9 Å². The summed E-state index contributed by atoms with van der Waals surface area (Å²) in [6.07, 6.45) is 3.45. The van der Waals surface area contributed by atoms with E-state index in [9.17, 15) is 4.79 Å². The predicted octanol–water partition coefficient (Wildman–Crippen LogP) is 4.47. The number of likely N-dealkylation sites (tertiary alicyclic amines) is 1. The Labute approximate surface area is 125 Å². The summed E-state index contributed by atoms with van der Waals surface area (Å²) in [5, 5.41) is 0. The lowest BCUT2D eigenvalue weighted by molar-refractivity contribution is 0.0759. The van der Waals surface area contributed by atoms with Crippen molar-refractivity contribution in [3.05, 3.63) is 32.7 Å². The van der Waals surface area contributed by atoms with Crippen molar-refractivity contribution in [1.29, 1.82) is 0 Å². The van der Waals surface area contributed by atoms with Crippen LogP contribution < -0.4 is 0 Å². The number of hydrogen-bond donors (Lipinski definition) is 0. The fraction of sp³-hybridized carbons (Fsp3) is 0.500. The number of hydrogen-bond acceptors (Lipinski definition) is 1. The summed E-state index contributed by atoms with van der Waals surface area (Å²) in [6, 6.07) is 5.72. The number of halogens is 2. The van der Waals surface area contributed by atoms with Crippen LogP contribution in [0.5, 0.6) is 0 Å². The molecule has 1 aliphatic rings. The van der Waals surface area contributed by atoms with Crippen molar-refractivity contribution in [3.63, 3.8) is 0 Å². The Balaban J connectivity index is 2.15. The van der Waals surface area contributed by atoms with E-state index in [1.165, 1.54) is 6.42 Å². The highest BCUT2D eigenvalue weighted by atomic mass is 79.9. The van der Waals surface area contributed by atoms with E-state index < -0.39 is 0 Å². The molecule has 0 spiro atoms. The van der Waals surface area contributed by atoms with E-state index in [1.54, 1.807) is 0 Å². The summed E-state index contributed by atoms with van der Waals surface area (Å²) in [7, 11) is 0. The van der Waals surface area contributed by atoms with Gasteiger partial charge in [-0.15, -0.1) is 0 Å². The summed E-state index contributed by atoms with van der Waals surface area (Å²) in [4.78, 5) is 14.5. The Morgan fingerprint density at radius 3 is 2.78 bits per heavy atom. The number of amides is 1. The van der Waals surface area contributed by atoms with Crippen molar-refractivity contribution in [3.8, 4) is 0 Å². The number of nitrogens with zero attached hydrogens (tertiary/aromatic N) is 1. The van der Waals surface area contributed by atoms with Gasteiger partial charge in [0, 0.05) is 22.0 Å². The Morgan fingerprint density at radius 2 is 2.06 bits per heavy atom. The molecular formula is C14H17Br2NO. The molecular weight excluding hydrogens is 358 g/mol. The van der Waals surface area contributed by atoms with Crippen LogP contribution in [-0.4, -0.2) is 23.9 Å². The summed E-state index contributed by atoms with van der Waals surface area (Å²) in [6.45, 7) is 4.03. The average molecular weight is 375 g/mol. The Hall–Kier alpha value is -0.350. The number of carbonyl (C=O) groups excluding carboxylic acids is 1. The van der Waals surface area contributed by atoms with Crippen LogP contribution in [0.25, 0.3) is 0 Å². The summed E-state index contributed by atoms with van der Waals surface area (Å²) >= 11 is 6.88. The molecule has 1 atom stereocenters. The zero-order valence-corrected chi connectivity index (χ0v) is 13.6. The van der Waals surface area contributed by atoms with E-state index >= 15 is 0 Å². The standard InChI is InChI=1S/C14H17Br2NO/c1-10-3-2-7-17(8-6-10)14(18)12-5-4-11(15)9-13(12)16/h4-5,9-10H,2-3,6-8H2,1H3. The molecule has 0 saturated carbocycles. The van der Waals surface area contributed by atoms with Gasteiger partial charge in [0.1, 0.15) is 0 Å². The molecule has 1 aromatic carbocycles. The van der Waals surface area contributed by atoms with E-state index in [2.05, 4.69) is 38.8 Å². The topological polar surface area (TPSA) is 20.3 Å². The van der Waals surface area contributed by atoms with Gasteiger partial charge < -0.3 is 4.90 Å². The van der Waals surface area contributed by atoms with Crippen LogP contribution in [0.2, 0.25) is 0 Å². The molecule has 4 heteroatoms. The lowest BCUT2D eigenvalue weighted by atomic mass is 10.0. The Kier molecular flexibility index (Phi) is 4.84. The SMILES string of the molecule is CC1CCCN(C(=O)c2ccc(Br)cc2Br)CC1. The minimum atomic E-state index is 0.142. The van der Waals surface area contributed by atoms with Crippen LogP contribution in [0.1, 0.15) is 36.5 Å². The molecule has 18 heavy (non-hydrogen) atoms. The zero-order valence-electron chi connectivity index (χ0n) is 10.5. The number of rotatable bonds is 1. The van der Waals surface area contributed by atoms with Gasteiger partial charge in [0.25, 0.3) is 5.91 Å². The molecule has 0 N–H and O–H groups in total. The van der Waals surface area contributed by atoms with Crippen LogP contribution in [-0.2, 0) is 0 Å². The molecule has 2 nitrogen and oxygen atoms in total. The Morgan fingerprint density at radius 1 is 1.28 bits per heavy atom. The highest BCUT2D eigenvalue weighted by molar-refractivity contribution is 9.11. The van der Waals surface area contributed by atoms with Gasteiger partial charge in [-0.3, -0.25) is 4.79 Å². The third kappa shape index (κ3) is 3.35. The van der Waals surface area contributed by atoms with E-state index in [4.69, 9.17) is 0 Å². The third-order valence-electron chi connectivity index (χ3n) is 3.47. The smallest absolute Gasteiger partial charge is 0.254 e. The maximum atomic E-state index is 12.5. The minimum Gasteiger partial charge on any atom is -0.339 e. The molecule has 1 fully saturated rings. The van der Waals surface area contributed by atoms with Gasteiger partial charge in [0.15, 0.2) is 0 Å². The summed E-state index contributed by atoms with van der Waals surface area (Å²) in [5.41, 5.74) is 0.757. The highest BCUT2D eigenvalue weighted by Crippen LogP contribution is 2.25. The van der Waals surface area contributed by atoms with Crippen LogP contribution in [0, 0.1) is 5.92 Å². The van der Waals surface area contributed by atoms with E-state index in [0.717, 1.165) is 46.4 Å². The second-order valence-corrected chi connectivity index (χ2v) is 6.72. The molecule has 1 unspecified atom stereocenters. The van der Waals surface area contributed by atoms with Gasteiger partial charge >= 0.3 is 0 Å². The molecule has 0 radical (unpaired) electrons. The molecule has 1 aromatic rings. The number of benzene rings is 1. The molecule has 0 aliphatic carbocycles. The van der Waals surface area contributed by atoms with Crippen molar-refractivity contribution in [2.75, 3.05) is 13.1 Å². The largest absolute Gasteiger partial charge is 0.339 e. The molecule has 98 valence electrons. The number of carbonyl (C=O) groups is 1. The average Bonchev–Trinajstić information content (AvgIpc) is 2.53. The minimum absolute atomic E-state index is 0.142. The molecule has 0 bridgehead atoms. The lowest BCUT2D eigenvalue weighted by Gasteiger charge is -2.21. The van der Waals surface area contributed by atoms with Crippen molar-refractivity contribution in [2.45, 2.75) is 26.2 Å². The van der Waals surface area contributed by atoms with Crippen molar-refractivity contribution < 1.29 is 4.79 Å². The van der Waals surface area contributed by atoms with Gasteiger partial charge in [-0.1, -0.05) is 22.9 Å². The third-order valence-corrected chi connectivity index (χ3v) is 4.61. The first-order valence-electron chi connectivity index (χ1n) is 6.32. The molecule has 0 aromatic heterocycles. The summed E-state index contributed by atoms with van der Waals surface area (Å²) < 4.78 is 1.84. The van der Waals surface area contributed by atoms with Crippen LogP contribution in [0.3, 0.4) is 0 Å². The molecule has 1 amide bonds. The fourth-order valence-corrected chi connectivity index (χ4v) is 3.52. The van der Waals surface area contributed by atoms with E-state index in [1.807, 2.05) is 23.1 Å². The van der Waals surface area contributed by atoms with Crippen molar-refractivity contribution in [1.82, 2.24) is 4.90 Å². The van der Waals surface area contributed by atoms with Gasteiger partial charge in [-0.05, 0) is 59.3 Å². The maximum absolute atomic E-state index is 12.5. The van der Waals surface area contributed by atoms with E-state index in [-0.39, 0.29) is 5.91 Å². The van der Waals surface area contributed by atoms with Gasteiger partial charge in [0.2, 0.25) is 0 Å². The second kappa shape index (κ2) is 6.20. The first-order chi connectivity index (χ1) is 8.58.